The molecular formula is C18H15ClF3NO5S. The summed E-state index contributed by atoms with van der Waals surface area (Å²) in [6, 6.07) is 8.99. The first-order chi connectivity index (χ1) is 13.4. The number of nitrogens with one attached hydrogen (secondary N) is 1. The first-order valence-electron chi connectivity index (χ1n) is 8.08. The molecular weight excluding hydrogens is 435 g/mol. The Morgan fingerprint density at radius 2 is 1.66 bits per heavy atom. The topological polar surface area (TPSA) is 89.5 Å². The van der Waals surface area contributed by atoms with Crippen molar-refractivity contribution in [2.24, 2.45) is 0 Å². The fourth-order valence-corrected chi connectivity index (χ4v) is 3.92. The molecule has 0 aliphatic rings. The normalized spacial score (nSPS) is 11.8. The summed E-state index contributed by atoms with van der Waals surface area (Å²) in [7, 11) is -3.92. The Morgan fingerprint density at radius 3 is 2.17 bits per heavy atom. The van der Waals surface area contributed by atoms with Gasteiger partial charge in [-0.1, -0.05) is 17.7 Å². The minimum absolute atomic E-state index is 0.0158. The fraction of sp³-hybridized carbons (Fsp3) is 0.222. The minimum Gasteiger partial charge on any atom is -0.427 e. The van der Waals surface area contributed by atoms with E-state index >= 15 is 0 Å². The molecule has 0 aliphatic carbocycles. The van der Waals surface area contributed by atoms with Gasteiger partial charge in [0.05, 0.1) is 9.79 Å². The second-order valence-corrected chi connectivity index (χ2v) is 8.18. The lowest BCUT2D eigenvalue weighted by atomic mass is 10.1. The van der Waals surface area contributed by atoms with Crippen LogP contribution in [0.1, 0.15) is 12.5 Å². The Bertz CT molecular complexity index is 1020. The number of esters is 1. The van der Waals surface area contributed by atoms with E-state index in [9.17, 15) is 31.2 Å². The van der Waals surface area contributed by atoms with Gasteiger partial charge in [-0.15, -0.1) is 0 Å². The van der Waals surface area contributed by atoms with E-state index in [0.29, 0.717) is 5.56 Å². The van der Waals surface area contributed by atoms with Gasteiger partial charge in [-0.05, 0) is 48.4 Å². The second kappa shape index (κ2) is 8.83. The summed E-state index contributed by atoms with van der Waals surface area (Å²) in [5.41, 5.74) is 0.373. The average Bonchev–Trinajstić information content (AvgIpc) is 2.62. The summed E-state index contributed by atoms with van der Waals surface area (Å²) in [5, 5.41) is 1.74. The van der Waals surface area contributed by atoms with Crippen molar-refractivity contribution in [2.75, 3.05) is 6.54 Å². The summed E-state index contributed by atoms with van der Waals surface area (Å²) >= 11 is 6.05. The molecule has 0 saturated carbocycles. The number of hydrogen-bond donors (Lipinski definition) is 1. The summed E-state index contributed by atoms with van der Waals surface area (Å²) in [6.07, 6.45) is -5.00. The number of carbonyl (C=O) groups is 2. The lowest BCUT2D eigenvalue weighted by Gasteiger charge is -2.10. The molecule has 0 fully saturated rings. The Labute approximate surface area is 169 Å². The monoisotopic (exact) mass is 449 g/mol. The molecule has 0 aromatic heterocycles. The van der Waals surface area contributed by atoms with Gasteiger partial charge in [0.15, 0.2) is 0 Å². The van der Waals surface area contributed by atoms with Gasteiger partial charge in [0.1, 0.15) is 5.75 Å². The second-order valence-electron chi connectivity index (χ2n) is 5.83. The third-order valence-electron chi connectivity index (χ3n) is 3.67. The first kappa shape index (κ1) is 22.7. The van der Waals surface area contributed by atoms with Crippen LogP contribution in [0, 0.1) is 0 Å². The summed E-state index contributed by atoms with van der Waals surface area (Å²) in [6.45, 7) is 0.893. The molecule has 0 aliphatic heterocycles. The Morgan fingerprint density at radius 1 is 1.07 bits per heavy atom. The van der Waals surface area contributed by atoms with Gasteiger partial charge in [-0.3, -0.25) is 9.59 Å². The quantitative estimate of drug-likeness (QED) is 0.540. The van der Waals surface area contributed by atoms with Gasteiger partial charge >= 0.3 is 18.1 Å². The zero-order valence-electron chi connectivity index (χ0n) is 14.9. The van der Waals surface area contributed by atoms with E-state index in [0.717, 1.165) is 0 Å². The van der Waals surface area contributed by atoms with E-state index in [-0.39, 0.29) is 33.5 Å². The van der Waals surface area contributed by atoms with Crippen molar-refractivity contribution in [3.8, 4) is 5.75 Å². The summed E-state index contributed by atoms with van der Waals surface area (Å²) < 4.78 is 66.7. The molecule has 11 heteroatoms. The maximum atomic E-state index is 12.7. The van der Waals surface area contributed by atoms with Crippen LogP contribution < -0.4 is 10.1 Å². The minimum atomic E-state index is -4.98. The molecule has 29 heavy (non-hydrogen) atoms. The maximum absolute atomic E-state index is 12.7. The molecule has 156 valence electrons. The number of rotatable bonds is 6. The highest BCUT2D eigenvalue weighted by molar-refractivity contribution is 7.91. The third kappa shape index (κ3) is 5.94. The summed E-state index contributed by atoms with van der Waals surface area (Å²) in [5.74, 6) is -2.43. The van der Waals surface area contributed by atoms with Crippen molar-refractivity contribution >= 4 is 33.3 Å². The van der Waals surface area contributed by atoms with Crippen LogP contribution in [0.3, 0.4) is 0 Å². The van der Waals surface area contributed by atoms with E-state index in [1.807, 2.05) is 0 Å². The number of amides is 1. The van der Waals surface area contributed by atoms with Crippen LogP contribution in [0.4, 0.5) is 13.2 Å². The van der Waals surface area contributed by atoms with E-state index in [2.05, 4.69) is 0 Å². The van der Waals surface area contributed by atoms with Crippen molar-refractivity contribution < 1.29 is 35.9 Å². The predicted octanol–water partition coefficient (Wildman–Crippen LogP) is 3.32. The van der Waals surface area contributed by atoms with Crippen LogP contribution in [-0.2, 0) is 25.8 Å². The van der Waals surface area contributed by atoms with Crippen molar-refractivity contribution in [1.82, 2.24) is 5.32 Å². The summed E-state index contributed by atoms with van der Waals surface area (Å²) in [4.78, 5) is 21.5. The molecule has 2 aromatic rings. The van der Waals surface area contributed by atoms with Crippen LogP contribution >= 0.6 is 11.6 Å². The molecule has 2 aromatic carbocycles. The molecule has 0 atom stereocenters. The molecule has 0 heterocycles. The fourth-order valence-electron chi connectivity index (χ4n) is 2.30. The molecule has 2 rings (SSSR count). The molecule has 0 radical (unpaired) electrons. The van der Waals surface area contributed by atoms with Crippen molar-refractivity contribution in [3.05, 3.63) is 53.1 Å². The van der Waals surface area contributed by atoms with E-state index in [1.54, 1.807) is 5.32 Å². The van der Waals surface area contributed by atoms with Gasteiger partial charge < -0.3 is 10.1 Å². The lowest BCUT2D eigenvalue weighted by molar-refractivity contribution is -0.173. The zero-order valence-corrected chi connectivity index (χ0v) is 16.5. The van der Waals surface area contributed by atoms with E-state index in [1.165, 1.54) is 49.4 Å². The maximum Gasteiger partial charge on any atom is 0.471 e. The number of benzene rings is 2. The Balaban J connectivity index is 2.14. The highest BCUT2D eigenvalue weighted by Gasteiger charge is 2.38. The molecule has 0 saturated heterocycles. The molecule has 1 N–H and O–H groups in total. The zero-order chi connectivity index (χ0) is 21.8. The predicted molar refractivity (Wildman–Crippen MR) is 97.4 cm³/mol. The number of alkyl halides is 3. The largest absolute Gasteiger partial charge is 0.471 e. The SMILES string of the molecule is CC(=O)Oc1ccc(S(=O)(=O)c2ccc(CCNC(=O)C(F)(F)F)c(Cl)c2)cc1. The smallest absolute Gasteiger partial charge is 0.427 e. The average molecular weight is 450 g/mol. The molecule has 1 amide bonds. The van der Waals surface area contributed by atoms with Gasteiger partial charge in [0, 0.05) is 18.5 Å². The Kier molecular flexibility index (Phi) is 6.91. The number of ether oxygens (including phenoxy) is 1. The van der Waals surface area contributed by atoms with Crippen LogP contribution in [0.2, 0.25) is 5.02 Å². The third-order valence-corrected chi connectivity index (χ3v) is 5.79. The highest BCUT2D eigenvalue weighted by atomic mass is 35.5. The number of carbonyl (C=O) groups excluding carboxylic acids is 2. The standard InChI is InChI=1S/C18H15ClF3NO5S/c1-11(24)28-13-3-6-14(7-4-13)29(26,27)15-5-2-12(16(19)10-15)8-9-23-17(25)18(20,21)22/h2-7,10H,8-9H2,1H3,(H,23,25). The van der Waals surface area contributed by atoms with Crippen molar-refractivity contribution in [1.29, 1.82) is 0 Å². The lowest BCUT2D eigenvalue weighted by Crippen LogP contribution is -2.37. The van der Waals surface area contributed by atoms with Crippen molar-refractivity contribution in [3.63, 3.8) is 0 Å². The van der Waals surface area contributed by atoms with E-state index < -0.39 is 27.9 Å². The van der Waals surface area contributed by atoms with Gasteiger partial charge in [-0.25, -0.2) is 8.42 Å². The number of halogens is 4. The van der Waals surface area contributed by atoms with Crippen LogP contribution in [-0.4, -0.2) is 33.0 Å². The number of hydrogen-bond acceptors (Lipinski definition) is 5. The number of sulfone groups is 1. The van der Waals surface area contributed by atoms with Crippen LogP contribution in [0.15, 0.2) is 52.3 Å². The van der Waals surface area contributed by atoms with E-state index in [4.69, 9.17) is 16.3 Å². The first-order valence-corrected chi connectivity index (χ1v) is 9.94. The Hall–Kier alpha value is -2.59. The van der Waals surface area contributed by atoms with Crippen LogP contribution in [0.5, 0.6) is 5.75 Å². The molecule has 0 bridgehead atoms. The van der Waals surface area contributed by atoms with Gasteiger partial charge in [0.2, 0.25) is 9.84 Å². The highest BCUT2D eigenvalue weighted by Crippen LogP contribution is 2.27. The van der Waals surface area contributed by atoms with Crippen LogP contribution in [0.25, 0.3) is 0 Å². The molecule has 0 spiro atoms. The van der Waals surface area contributed by atoms with Crippen molar-refractivity contribution in [2.45, 2.75) is 29.3 Å². The van der Waals surface area contributed by atoms with Gasteiger partial charge in [0.25, 0.3) is 0 Å². The molecule has 6 nitrogen and oxygen atoms in total. The molecule has 0 unspecified atom stereocenters. The van der Waals surface area contributed by atoms with Gasteiger partial charge in [-0.2, -0.15) is 13.2 Å².